The maximum atomic E-state index is 14.4. The lowest BCUT2D eigenvalue weighted by atomic mass is 10.1. The first-order valence-electron chi connectivity index (χ1n) is 10.6. The molecule has 0 atom stereocenters. The highest BCUT2D eigenvalue weighted by atomic mass is 35.5. The van der Waals surface area contributed by atoms with Crippen LogP contribution in [0.5, 0.6) is 11.5 Å². The topological polar surface area (TPSA) is 70.4 Å². The van der Waals surface area contributed by atoms with Crippen LogP contribution in [-0.4, -0.2) is 37.2 Å². The molecule has 0 unspecified atom stereocenters. The van der Waals surface area contributed by atoms with E-state index in [2.05, 4.69) is 33.4 Å². The third-order valence-electron chi connectivity index (χ3n) is 5.51. The van der Waals surface area contributed by atoms with Gasteiger partial charge in [-0.15, -0.1) is 0 Å². The van der Waals surface area contributed by atoms with Crippen LogP contribution in [0, 0.1) is 17.1 Å². The highest BCUT2D eigenvalue weighted by Crippen LogP contribution is 2.38. The number of ether oxygens (including phenoxy) is 2. The lowest BCUT2D eigenvalue weighted by Gasteiger charge is -2.21. The van der Waals surface area contributed by atoms with E-state index in [1.165, 1.54) is 12.3 Å². The Labute approximate surface area is 197 Å². The number of nitriles is 1. The van der Waals surface area contributed by atoms with Crippen molar-refractivity contribution < 1.29 is 13.9 Å². The van der Waals surface area contributed by atoms with Crippen LogP contribution in [-0.2, 0) is 6.54 Å². The van der Waals surface area contributed by atoms with Gasteiger partial charge in [-0.25, -0.2) is 4.39 Å². The monoisotopic (exact) mass is 466 g/mol. The van der Waals surface area contributed by atoms with E-state index < -0.39 is 5.82 Å². The van der Waals surface area contributed by atoms with E-state index >= 15 is 0 Å². The normalized spacial score (nSPS) is 15.8. The molecule has 0 fully saturated rings. The molecule has 1 aromatic heterocycles. The fourth-order valence-electron chi connectivity index (χ4n) is 3.80. The lowest BCUT2D eigenvalue weighted by molar-refractivity contribution is 0.300. The van der Waals surface area contributed by atoms with E-state index in [9.17, 15) is 9.65 Å². The Morgan fingerprint density at radius 2 is 2.06 bits per heavy atom. The van der Waals surface area contributed by atoms with Crippen LogP contribution in [0.1, 0.15) is 24.0 Å². The number of halogens is 2. The highest BCUT2D eigenvalue weighted by Gasteiger charge is 2.17. The van der Waals surface area contributed by atoms with Crippen molar-refractivity contribution >= 4 is 33.9 Å². The van der Waals surface area contributed by atoms with Gasteiger partial charge in [-0.3, -0.25) is 4.98 Å². The first-order valence-corrected chi connectivity index (χ1v) is 11.0. The summed E-state index contributed by atoms with van der Waals surface area (Å²) < 4.78 is 25.9. The molecular weight excluding hydrogens is 443 g/mol. The summed E-state index contributed by atoms with van der Waals surface area (Å²) in [5, 5.41) is 13.8. The Hall–Kier alpha value is -3.34. The quantitative estimate of drug-likeness (QED) is 0.456. The minimum absolute atomic E-state index is 0.00352. The van der Waals surface area contributed by atoms with Crippen LogP contribution in [0.15, 0.2) is 42.6 Å². The number of anilines is 2. The van der Waals surface area contributed by atoms with E-state index in [1.807, 2.05) is 13.1 Å². The molecule has 33 heavy (non-hydrogen) atoms. The molecule has 0 aliphatic carbocycles. The summed E-state index contributed by atoms with van der Waals surface area (Å²) in [6, 6.07) is 8.78. The van der Waals surface area contributed by atoms with Crippen molar-refractivity contribution in [2.75, 3.05) is 32.6 Å². The molecule has 2 bridgehead atoms. The van der Waals surface area contributed by atoms with Gasteiger partial charge in [-0.2, -0.15) is 5.26 Å². The summed E-state index contributed by atoms with van der Waals surface area (Å²) in [5.41, 5.74) is 2.89. The molecule has 4 rings (SSSR count). The number of nitrogens with one attached hydrogen (secondary N) is 1. The molecule has 1 aliphatic rings. The molecular formula is C25H24ClFN4O2. The zero-order valence-electron chi connectivity index (χ0n) is 18.5. The number of hydrogen-bond acceptors (Lipinski definition) is 6. The number of pyridine rings is 1. The van der Waals surface area contributed by atoms with Crippen molar-refractivity contribution in [3.8, 4) is 17.6 Å². The first-order chi connectivity index (χ1) is 16.0. The van der Waals surface area contributed by atoms with Crippen LogP contribution < -0.4 is 14.8 Å². The molecule has 0 saturated carbocycles. The fourth-order valence-corrected chi connectivity index (χ4v) is 3.96. The molecule has 0 amide bonds. The number of rotatable bonds is 1. The molecule has 0 spiro atoms. The van der Waals surface area contributed by atoms with Gasteiger partial charge in [0.1, 0.15) is 11.9 Å². The predicted octanol–water partition coefficient (Wildman–Crippen LogP) is 5.81. The molecule has 1 aliphatic heterocycles. The summed E-state index contributed by atoms with van der Waals surface area (Å²) in [6.07, 6.45) is 7.32. The van der Waals surface area contributed by atoms with E-state index in [4.69, 9.17) is 21.1 Å². The summed E-state index contributed by atoms with van der Waals surface area (Å²) in [4.78, 5) is 6.53. The Morgan fingerprint density at radius 1 is 1.24 bits per heavy atom. The number of nitrogens with zero attached hydrogens (tertiary/aromatic N) is 3. The zero-order valence-corrected chi connectivity index (χ0v) is 19.2. The molecule has 1 N–H and O–H groups in total. The standard InChI is InChI=1S/C25H24ClFN4O2/c1-31-7-5-3-4-6-8-33-24-10-18-22(12-23(24)32-2)29-14-17(13-28)25(18)30-21-11-19(26)20(27)9-16(21)15-31/h3-4,9-12,14,30H,5-8,15H2,1-2H3/b4-3-. The average Bonchev–Trinajstić information content (AvgIpc) is 2.80. The Bertz CT molecular complexity index is 1260. The van der Waals surface area contributed by atoms with Gasteiger partial charge < -0.3 is 19.7 Å². The van der Waals surface area contributed by atoms with Gasteiger partial charge in [-0.1, -0.05) is 23.8 Å². The molecule has 2 aromatic carbocycles. The molecule has 170 valence electrons. The number of benzene rings is 2. The van der Waals surface area contributed by atoms with Gasteiger partial charge in [0.05, 0.1) is 35.5 Å². The fraction of sp³-hybridized carbons (Fsp3) is 0.280. The van der Waals surface area contributed by atoms with E-state index in [0.29, 0.717) is 52.5 Å². The minimum atomic E-state index is -0.486. The van der Waals surface area contributed by atoms with Gasteiger partial charge in [0.2, 0.25) is 0 Å². The van der Waals surface area contributed by atoms with E-state index in [-0.39, 0.29) is 5.02 Å². The predicted molar refractivity (Wildman–Crippen MR) is 128 cm³/mol. The summed E-state index contributed by atoms with van der Waals surface area (Å²) in [7, 11) is 3.56. The van der Waals surface area contributed by atoms with Crippen molar-refractivity contribution in [1.82, 2.24) is 9.88 Å². The van der Waals surface area contributed by atoms with Crippen molar-refractivity contribution in [2.24, 2.45) is 0 Å². The third kappa shape index (κ3) is 5.03. The van der Waals surface area contributed by atoms with Gasteiger partial charge >= 0.3 is 0 Å². The SMILES string of the molecule is COc1cc2ncc(C#N)c3c2cc1OCC/C=C\CCN(C)Cc1cc(F)c(Cl)cc1N3. The second-order valence-corrected chi connectivity index (χ2v) is 8.27. The van der Waals surface area contributed by atoms with Gasteiger partial charge in [-0.05, 0) is 43.7 Å². The van der Waals surface area contributed by atoms with Crippen LogP contribution in [0.25, 0.3) is 10.9 Å². The molecule has 2 heterocycles. The highest BCUT2D eigenvalue weighted by molar-refractivity contribution is 6.31. The average molecular weight is 467 g/mol. The number of hydrogen-bond donors (Lipinski definition) is 1. The van der Waals surface area contributed by atoms with Crippen LogP contribution in [0.3, 0.4) is 0 Å². The van der Waals surface area contributed by atoms with Gasteiger partial charge in [0.15, 0.2) is 11.5 Å². The maximum absolute atomic E-state index is 14.4. The van der Waals surface area contributed by atoms with Crippen molar-refractivity contribution in [2.45, 2.75) is 19.4 Å². The molecule has 3 aromatic rings. The zero-order chi connectivity index (χ0) is 23.4. The first kappa shape index (κ1) is 22.8. The Kier molecular flexibility index (Phi) is 6.97. The molecule has 6 nitrogen and oxygen atoms in total. The second-order valence-electron chi connectivity index (χ2n) is 7.86. The van der Waals surface area contributed by atoms with Crippen LogP contribution >= 0.6 is 11.6 Å². The van der Waals surface area contributed by atoms with Crippen LogP contribution in [0.2, 0.25) is 5.02 Å². The molecule has 0 radical (unpaired) electrons. The smallest absolute Gasteiger partial charge is 0.162 e. The Balaban J connectivity index is 1.92. The third-order valence-corrected chi connectivity index (χ3v) is 5.80. The lowest BCUT2D eigenvalue weighted by Crippen LogP contribution is -2.19. The second kappa shape index (κ2) is 10.1. The molecule has 8 heteroatoms. The van der Waals surface area contributed by atoms with Gasteiger partial charge in [0, 0.05) is 36.4 Å². The maximum Gasteiger partial charge on any atom is 0.162 e. The van der Waals surface area contributed by atoms with Crippen LogP contribution in [0.4, 0.5) is 15.8 Å². The Morgan fingerprint density at radius 3 is 2.85 bits per heavy atom. The number of aromatic nitrogens is 1. The van der Waals surface area contributed by atoms with E-state index in [1.54, 1.807) is 19.2 Å². The summed E-state index contributed by atoms with van der Waals surface area (Å²) in [6.45, 7) is 1.80. The van der Waals surface area contributed by atoms with Crippen molar-refractivity contribution in [3.63, 3.8) is 0 Å². The summed E-state index contributed by atoms with van der Waals surface area (Å²) >= 11 is 6.13. The van der Waals surface area contributed by atoms with E-state index in [0.717, 1.165) is 24.9 Å². The number of methoxy groups -OCH3 is 1. The van der Waals surface area contributed by atoms with Gasteiger partial charge in [0.25, 0.3) is 0 Å². The minimum Gasteiger partial charge on any atom is -0.493 e. The van der Waals surface area contributed by atoms with Crippen molar-refractivity contribution in [3.05, 3.63) is 64.6 Å². The largest absolute Gasteiger partial charge is 0.493 e. The molecule has 0 saturated heterocycles. The summed E-state index contributed by atoms with van der Waals surface area (Å²) in [5.74, 6) is 0.630. The number of fused-ring (bicyclic) bond motifs is 2. The van der Waals surface area contributed by atoms with Crippen molar-refractivity contribution in [1.29, 1.82) is 5.26 Å².